The van der Waals surface area contributed by atoms with Gasteiger partial charge in [-0.3, -0.25) is 4.79 Å². The number of rotatable bonds is 7. The van der Waals surface area contributed by atoms with E-state index in [1.54, 1.807) is 44.3 Å². The summed E-state index contributed by atoms with van der Waals surface area (Å²) in [6, 6.07) is 9.16. The highest BCUT2D eigenvalue weighted by Gasteiger charge is 2.37. The molecule has 9 heteroatoms. The molecule has 0 aromatic heterocycles. The summed E-state index contributed by atoms with van der Waals surface area (Å²) in [6.07, 6.45) is 2.22. The van der Waals surface area contributed by atoms with Crippen molar-refractivity contribution in [1.29, 1.82) is 0 Å². The highest BCUT2D eigenvalue weighted by Crippen LogP contribution is 2.39. The first-order valence-corrected chi connectivity index (χ1v) is 11.3. The van der Waals surface area contributed by atoms with E-state index in [0.717, 1.165) is 5.56 Å². The Morgan fingerprint density at radius 3 is 2.47 bits per heavy atom. The van der Waals surface area contributed by atoms with Gasteiger partial charge in [-0.1, -0.05) is 22.0 Å². The standard InChI is InChI=1S/C25H24BrNO7/c1-14-23(25(29)32-4)17(10-16-11-21-22(12-18(16)26)34-13-33-21)24(28)27(14)8-7-15-5-6-19(30-2)20(9-15)31-3/h5-6,9-12H,7-8,13H2,1-4H3/b17-10-. The number of carbonyl (C=O) groups is 2. The summed E-state index contributed by atoms with van der Waals surface area (Å²) in [7, 11) is 4.45. The van der Waals surface area contributed by atoms with Crippen molar-refractivity contribution in [2.45, 2.75) is 13.3 Å². The van der Waals surface area contributed by atoms with E-state index in [2.05, 4.69) is 15.9 Å². The van der Waals surface area contributed by atoms with Crippen LogP contribution in [-0.2, 0) is 20.7 Å². The number of allylic oxidation sites excluding steroid dienone is 1. The van der Waals surface area contributed by atoms with Crippen LogP contribution >= 0.6 is 15.9 Å². The third-order valence-corrected chi connectivity index (χ3v) is 6.45. The van der Waals surface area contributed by atoms with Gasteiger partial charge in [0.1, 0.15) is 0 Å². The van der Waals surface area contributed by atoms with Crippen molar-refractivity contribution in [3.63, 3.8) is 0 Å². The number of hydrogen-bond acceptors (Lipinski definition) is 7. The normalized spacial score (nSPS) is 15.9. The third kappa shape index (κ3) is 4.35. The smallest absolute Gasteiger partial charge is 0.340 e. The Kier molecular flexibility index (Phi) is 6.83. The Balaban J connectivity index is 1.65. The summed E-state index contributed by atoms with van der Waals surface area (Å²) >= 11 is 3.51. The maximum atomic E-state index is 13.4. The predicted molar refractivity (Wildman–Crippen MR) is 128 cm³/mol. The number of fused-ring (bicyclic) bond motifs is 1. The van der Waals surface area contributed by atoms with Gasteiger partial charge in [-0.15, -0.1) is 0 Å². The number of hydrogen-bond donors (Lipinski definition) is 0. The Morgan fingerprint density at radius 1 is 1.09 bits per heavy atom. The second-order valence-corrected chi connectivity index (χ2v) is 8.49. The van der Waals surface area contributed by atoms with Crippen molar-refractivity contribution in [2.24, 2.45) is 0 Å². The molecule has 2 aromatic rings. The van der Waals surface area contributed by atoms with Crippen LogP contribution in [0.5, 0.6) is 23.0 Å². The summed E-state index contributed by atoms with van der Waals surface area (Å²) in [5, 5.41) is 0. The van der Waals surface area contributed by atoms with Gasteiger partial charge in [-0.25, -0.2) is 4.79 Å². The molecule has 2 aromatic carbocycles. The highest BCUT2D eigenvalue weighted by atomic mass is 79.9. The van der Waals surface area contributed by atoms with E-state index in [1.165, 1.54) is 7.11 Å². The van der Waals surface area contributed by atoms with E-state index >= 15 is 0 Å². The molecule has 1 amide bonds. The number of esters is 1. The molecular formula is C25H24BrNO7. The van der Waals surface area contributed by atoms with Gasteiger partial charge >= 0.3 is 5.97 Å². The van der Waals surface area contributed by atoms with E-state index in [1.807, 2.05) is 18.2 Å². The molecule has 2 heterocycles. The summed E-state index contributed by atoms with van der Waals surface area (Å²) in [4.78, 5) is 27.7. The molecule has 4 rings (SSSR count). The monoisotopic (exact) mass is 529 g/mol. The molecule has 0 spiro atoms. The molecule has 0 atom stereocenters. The van der Waals surface area contributed by atoms with Crippen LogP contribution in [0.4, 0.5) is 0 Å². The average molecular weight is 530 g/mol. The molecule has 0 aliphatic carbocycles. The van der Waals surface area contributed by atoms with Crippen LogP contribution in [0.25, 0.3) is 6.08 Å². The molecule has 178 valence electrons. The van der Waals surface area contributed by atoms with Gasteiger partial charge in [0.05, 0.1) is 32.5 Å². The van der Waals surface area contributed by atoms with Crippen molar-refractivity contribution in [1.82, 2.24) is 4.90 Å². The number of nitrogens with zero attached hydrogens (tertiary/aromatic N) is 1. The van der Waals surface area contributed by atoms with Gasteiger partial charge < -0.3 is 28.6 Å². The number of ether oxygens (including phenoxy) is 5. The first-order valence-electron chi connectivity index (χ1n) is 10.5. The quantitative estimate of drug-likeness (QED) is 0.394. The first kappa shape index (κ1) is 23.7. The molecule has 0 saturated carbocycles. The molecule has 2 aliphatic heterocycles. The maximum absolute atomic E-state index is 13.4. The van der Waals surface area contributed by atoms with Crippen LogP contribution in [-0.4, -0.2) is 51.4 Å². The minimum atomic E-state index is -0.567. The van der Waals surface area contributed by atoms with Gasteiger partial charge in [0.2, 0.25) is 6.79 Å². The molecule has 34 heavy (non-hydrogen) atoms. The van der Waals surface area contributed by atoms with Gasteiger partial charge in [-0.2, -0.15) is 0 Å². The molecule has 0 bridgehead atoms. The Labute approximate surface area is 205 Å². The van der Waals surface area contributed by atoms with E-state index in [4.69, 9.17) is 23.7 Å². The SMILES string of the molecule is COC(=O)C1=C(C)N(CCc2ccc(OC)c(OC)c2)C(=O)/C1=C\c1cc2c(cc1Br)OCO2. The molecule has 0 radical (unpaired) electrons. The lowest BCUT2D eigenvalue weighted by molar-refractivity contribution is -0.136. The number of benzene rings is 2. The van der Waals surface area contributed by atoms with Gasteiger partial charge in [-0.05, 0) is 54.8 Å². The summed E-state index contributed by atoms with van der Waals surface area (Å²) in [5.41, 5.74) is 2.69. The third-order valence-electron chi connectivity index (χ3n) is 5.76. The van der Waals surface area contributed by atoms with Crippen molar-refractivity contribution in [2.75, 3.05) is 34.7 Å². The Bertz CT molecular complexity index is 1220. The van der Waals surface area contributed by atoms with Gasteiger partial charge in [0.25, 0.3) is 5.91 Å². The number of amides is 1. The molecule has 0 saturated heterocycles. The first-order chi connectivity index (χ1) is 16.4. The van der Waals surface area contributed by atoms with Crippen LogP contribution < -0.4 is 18.9 Å². The van der Waals surface area contributed by atoms with E-state index in [0.29, 0.717) is 51.7 Å². The zero-order valence-corrected chi connectivity index (χ0v) is 20.9. The van der Waals surface area contributed by atoms with Crippen molar-refractivity contribution < 1.29 is 33.3 Å². The highest BCUT2D eigenvalue weighted by molar-refractivity contribution is 9.10. The van der Waals surface area contributed by atoms with Gasteiger partial charge in [0.15, 0.2) is 23.0 Å². The molecule has 2 aliphatic rings. The number of halogens is 1. The number of carbonyl (C=O) groups excluding carboxylic acids is 2. The molecule has 8 nitrogen and oxygen atoms in total. The van der Waals surface area contributed by atoms with E-state index in [9.17, 15) is 9.59 Å². The van der Waals surface area contributed by atoms with Crippen LogP contribution in [0.1, 0.15) is 18.1 Å². The second-order valence-electron chi connectivity index (χ2n) is 7.63. The van der Waals surface area contributed by atoms with Crippen LogP contribution in [0.2, 0.25) is 0 Å². The van der Waals surface area contributed by atoms with E-state index in [-0.39, 0.29) is 23.8 Å². The maximum Gasteiger partial charge on any atom is 0.340 e. The summed E-state index contributed by atoms with van der Waals surface area (Å²) in [5.74, 6) is 1.59. The van der Waals surface area contributed by atoms with E-state index < -0.39 is 5.97 Å². The topological polar surface area (TPSA) is 83.5 Å². The Hall–Kier alpha value is -3.46. The zero-order valence-electron chi connectivity index (χ0n) is 19.3. The minimum absolute atomic E-state index is 0.136. The number of methoxy groups -OCH3 is 3. The molecule has 0 N–H and O–H groups in total. The lowest BCUT2D eigenvalue weighted by Crippen LogP contribution is -2.27. The zero-order chi connectivity index (χ0) is 24.4. The van der Waals surface area contributed by atoms with Gasteiger partial charge in [0, 0.05) is 16.7 Å². The van der Waals surface area contributed by atoms with Crippen molar-refractivity contribution in [3.8, 4) is 23.0 Å². The van der Waals surface area contributed by atoms with Crippen LogP contribution in [0, 0.1) is 0 Å². The summed E-state index contributed by atoms with van der Waals surface area (Å²) in [6.45, 7) is 2.26. The molecule has 0 fully saturated rings. The van der Waals surface area contributed by atoms with Crippen molar-refractivity contribution >= 4 is 33.9 Å². The fraction of sp³-hybridized carbons (Fsp3) is 0.280. The fourth-order valence-electron chi connectivity index (χ4n) is 3.97. The fourth-order valence-corrected chi connectivity index (χ4v) is 4.41. The predicted octanol–water partition coefficient (Wildman–Crippen LogP) is 4.11. The summed E-state index contributed by atoms with van der Waals surface area (Å²) < 4.78 is 27.2. The Morgan fingerprint density at radius 2 is 1.79 bits per heavy atom. The molecular weight excluding hydrogens is 506 g/mol. The minimum Gasteiger partial charge on any atom is -0.493 e. The van der Waals surface area contributed by atoms with Crippen LogP contribution in [0.15, 0.2) is 51.6 Å². The van der Waals surface area contributed by atoms with Crippen LogP contribution in [0.3, 0.4) is 0 Å². The average Bonchev–Trinajstić information content (AvgIpc) is 3.38. The lowest BCUT2D eigenvalue weighted by atomic mass is 10.0. The molecule has 0 unspecified atom stereocenters. The van der Waals surface area contributed by atoms with Crippen molar-refractivity contribution in [3.05, 3.63) is 62.8 Å². The second kappa shape index (κ2) is 9.80. The lowest BCUT2D eigenvalue weighted by Gasteiger charge is -2.18. The largest absolute Gasteiger partial charge is 0.493 e.